The van der Waals surface area contributed by atoms with Gasteiger partial charge in [0.2, 0.25) is 5.91 Å². The predicted molar refractivity (Wildman–Crippen MR) is 57.9 cm³/mol. The topological polar surface area (TPSA) is 50.3 Å². The highest BCUT2D eigenvalue weighted by atomic mass is 19.1. The van der Waals surface area contributed by atoms with E-state index in [4.69, 9.17) is 0 Å². The van der Waals surface area contributed by atoms with E-state index in [1.807, 2.05) is 0 Å². The van der Waals surface area contributed by atoms with Gasteiger partial charge in [-0.25, -0.2) is 9.37 Å². The zero-order valence-electron chi connectivity index (χ0n) is 9.45. The van der Waals surface area contributed by atoms with Crippen LogP contribution < -0.4 is 4.90 Å². The van der Waals surface area contributed by atoms with Crippen LogP contribution in [0.15, 0.2) is 12.3 Å². The van der Waals surface area contributed by atoms with Gasteiger partial charge < -0.3 is 0 Å². The Morgan fingerprint density at radius 2 is 2.06 bits per heavy atom. The van der Waals surface area contributed by atoms with E-state index in [0.29, 0.717) is 6.54 Å². The fraction of sp³-hybridized carbons (Fsp3) is 0.364. The number of hydrogen-bond donors (Lipinski definition) is 0. The number of carbonyl (C=O) groups excluding carboxylic acids is 2. The smallest absolute Gasteiger partial charge is 0.225 e. The normalized spacial score (nSPS) is 10.0. The SMILES string of the molecule is CCN(C(C)=O)c1nccc(C(C)=O)c1F. The van der Waals surface area contributed by atoms with Crippen molar-refractivity contribution in [3.05, 3.63) is 23.6 Å². The van der Waals surface area contributed by atoms with Crippen LogP contribution >= 0.6 is 0 Å². The van der Waals surface area contributed by atoms with Crippen LogP contribution in [-0.4, -0.2) is 23.2 Å². The number of anilines is 1. The van der Waals surface area contributed by atoms with Crippen LogP contribution in [0.4, 0.5) is 10.2 Å². The molecule has 1 amide bonds. The fourth-order valence-electron chi connectivity index (χ4n) is 1.41. The third-order valence-corrected chi connectivity index (χ3v) is 2.20. The van der Waals surface area contributed by atoms with Crippen LogP contribution in [-0.2, 0) is 4.79 Å². The molecule has 0 aromatic carbocycles. The van der Waals surface area contributed by atoms with Gasteiger partial charge in [0.05, 0.1) is 5.56 Å². The zero-order valence-corrected chi connectivity index (χ0v) is 9.45. The second-order valence-electron chi connectivity index (χ2n) is 3.32. The number of nitrogens with zero attached hydrogens (tertiary/aromatic N) is 2. The summed E-state index contributed by atoms with van der Waals surface area (Å²) in [6, 6.07) is 1.30. The van der Waals surface area contributed by atoms with Crippen LogP contribution in [0.1, 0.15) is 31.1 Å². The van der Waals surface area contributed by atoms with Gasteiger partial charge in [-0.15, -0.1) is 0 Å². The van der Waals surface area contributed by atoms with Crippen molar-refractivity contribution in [1.29, 1.82) is 0 Å². The maximum atomic E-state index is 13.8. The highest BCUT2D eigenvalue weighted by molar-refractivity contribution is 5.97. The molecule has 0 saturated carbocycles. The van der Waals surface area contributed by atoms with E-state index < -0.39 is 5.82 Å². The Morgan fingerprint density at radius 1 is 1.44 bits per heavy atom. The molecule has 4 nitrogen and oxygen atoms in total. The second-order valence-corrected chi connectivity index (χ2v) is 3.32. The first kappa shape index (κ1) is 12.3. The Balaban J connectivity index is 3.29. The molecule has 0 radical (unpaired) electrons. The summed E-state index contributed by atoms with van der Waals surface area (Å²) in [6.07, 6.45) is 1.32. The number of carbonyl (C=O) groups is 2. The van der Waals surface area contributed by atoms with Gasteiger partial charge in [-0.2, -0.15) is 0 Å². The van der Waals surface area contributed by atoms with Gasteiger partial charge in [0.25, 0.3) is 0 Å². The van der Waals surface area contributed by atoms with E-state index in [-0.39, 0.29) is 23.1 Å². The van der Waals surface area contributed by atoms with Crippen LogP contribution in [0, 0.1) is 5.82 Å². The molecule has 1 aromatic heterocycles. The summed E-state index contributed by atoms with van der Waals surface area (Å²) in [5.41, 5.74) is -0.0512. The quantitative estimate of drug-likeness (QED) is 0.735. The van der Waals surface area contributed by atoms with E-state index in [2.05, 4.69) is 4.98 Å². The maximum absolute atomic E-state index is 13.8. The molecule has 0 fully saturated rings. The first-order valence-corrected chi connectivity index (χ1v) is 4.92. The largest absolute Gasteiger partial charge is 0.295 e. The lowest BCUT2D eigenvalue weighted by atomic mass is 10.2. The number of amides is 1. The molecule has 16 heavy (non-hydrogen) atoms. The molecule has 0 aliphatic carbocycles. The molecule has 86 valence electrons. The van der Waals surface area contributed by atoms with Crippen LogP contribution in [0.3, 0.4) is 0 Å². The molecule has 0 atom stereocenters. The minimum absolute atomic E-state index is 0.0512. The molecule has 0 N–H and O–H groups in total. The summed E-state index contributed by atoms with van der Waals surface area (Å²) in [6.45, 7) is 4.61. The highest BCUT2D eigenvalue weighted by Gasteiger charge is 2.19. The van der Waals surface area contributed by atoms with Crippen molar-refractivity contribution in [3.63, 3.8) is 0 Å². The monoisotopic (exact) mass is 224 g/mol. The minimum atomic E-state index is -0.743. The Labute approximate surface area is 93.1 Å². The van der Waals surface area contributed by atoms with E-state index in [9.17, 15) is 14.0 Å². The Hall–Kier alpha value is -1.78. The zero-order chi connectivity index (χ0) is 12.3. The van der Waals surface area contributed by atoms with Crippen molar-refractivity contribution < 1.29 is 14.0 Å². The van der Waals surface area contributed by atoms with E-state index >= 15 is 0 Å². The average Bonchev–Trinajstić information content (AvgIpc) is 2.20. The van der Waals surface area contributed by atoms with Gasteiger partial charge in [-0.3, -0.25) is 14.5 Å². The molecule has 0 aliphatic heterocycles. The van der Waals surface area contributed by atoms with Crippen molar-refractivity contribution in [1.82, 2.24) is 4.98 Å². The lowest BCUT2D eigenvalue weighted by molar-refractivity contribution is -0.116. The van der Waals surface area contributed by atoms with Crippen LogP contribution in [0.5, 0.6) is 0 Å². The molecule has 0 unspecified atom stereocenters. The number of pyridine rings is 1. The second kappa shape index (κ2) is 4.83. The standard InChI is InChI=1S/C11H13FN2O2/c1-4-14(8(3)16)11-10(12)9(7(2)15)5-6-13-11/h5-6H,4H2,1-3H3. The Morgan fingerprint density at radius 3 is 2.50 bits per heavy atom. The van der Waals surface area contributed by atoms with Gasteiger partial charge in [-0.1, -0.05) is 0 Å². The summed E-state index contributed by atoms with van der Waals surface area (Å²) in [7, 11) is 0. The highest BCUT2D eigenvalue weighted by Crippen LogP contribution is 2.19. The number of ketones is 1. The van der Waals surface area contributed by atoms with Gasteiger partial charge in [0.1, 0.15) is 0 Å². The fourth-order valence-corrected chi connectivity index (χ4v) is 1.41. The molecular weight excluding hydrogens is 211 g/mol. The number of hydrogen-bond acceptors (Lipinski definition) is 3. The summed E-state index contributed by atoms with van der Waals surface area (Å²) in [4.78, 5) is 27.3. The maximum Gasteiger partial charge on any atom is 0.225 e. The molecule has 0 saturated heterocycles. The van der Waals surface area contributed by atoms with Crippen molar-refractivity contribution in [3.8, 4) is 0 Å². The Kier molecular flexibility index (Phi) is 3.71. The number of Topliss-reactive ketones (excluding diaryl/α,β-unsaturated/α-hetero) is 1. The molecule has 1 heterocycles. The van der Waals surface area contributed by atoms with Crippen molar-refractivity contribution in [2.75, 3.05) is 11.4 Å². The summed E-state index contributed by atoms with van der Waals surface area (Å²) in [5.74, 6) is -1.54. The third-order valence-electron chi connectivity index (χ3n) is 2.20. The Bertz CT molecular complexity index is 432. The molecule has 0 aliphatic rings. The number of aromatic nitrogens is 1. The van der Waals surface area contributed by atoms with Crippen molar-refractivity contribution >= 4 is 17.5 Å². The van der Waals surface area contributed by atoms with Crippen molar-refractivity contribution in [2.45, 2.75) is 20.8 Å². The molecule has 1 aromatic rings. The van der Waals surface area contributed by atoms with Gasteiger partial charge in [-0.05, 0) is 19.9 Å². The minimum Gasteiger partial charge on any atom is -0.295 e. The van der Waals surface area contributed by atoms with Crippen molar-refractivity contribution in [2.24, 2.45) is 0 Å². The van der Waals surface area contributed by atoms with Gasteiger partial charge >= 0.3 is 0 Å². The molecular formula is C11H13FN2O2. The summed E-state index contributed by atoms with van der Waals surface area (Å²) >= 11 is 0. The third kappa shape index (κ3) is 2.24. The van der Waals surface area contributed by atoms with E-state index in [0.717, 1.165) is 0 Å². The predicted octanol–water partition coefficient (Wildman–Crippen LogP) is 1.80. The average molecular weight is 224 g/mol. The first-order chi connectivity index (χ1) is 7.49. The molecule has 0 bridgehead atoms. The van der Waals surface area contributed by atoms with E-state index in [1.165, 1.54) is 31.0 Å². The summed E-state index contributed by atoms with van der Waals surface area (Å²) in [5, 5.41) is 0. The number of halogens is 1. The summed E-state index contributed by atoms with van der Waals surface area (Å²) < 4.78 is 13.8. The van der Waals surface area contributed by atoms with Gasteiger partial charge in [0.15, 0.2) is 17.4 Å². The lowest BCUT2D eigenvalue weighted by Gasteiger charge is -2.18. The van der Waals surface area contributed by atoms with Crippen LogP contribution in [0.25, 0.3) is 0 Å². The first-order valence-electron chi connectivity index (χ1n) is 4.92. The van der Waals surface area contributed by atoms with E-state index in [1.54, 1.807) is 6.92 Å². The molecule has 1 rings (SSSR count). The molecule has 0 spiro atoms. The van der Waals surface area contributed by atoms with Gasteiger partial charge in [0, 0.05) is 19.7 Å². The molecule has 5 heteroatoms. The lowest BCUT2D eigenvalue weighted by Crippen LogP contribution is -2.30. The van der Waals surface area contributed by atoms with Crippen LogP contribution in [0.2, 0.25) is 0 Å². The number of rotatable bonds is 3.